The van der Waals surface area contributed by atoms with Crippen LogP contribution in [0.5, 0.6) is 0 Å². The molecule has 0 saturated carbocycles. The second-order valence-electron chi connectivity index (χ2n) is 4.21. The van der Waals surface area contributed by atoms with Crippen LogP contribution in [0.1, 0.15) is 31.2 Å². The van der Waals surface area contributed by atoms with Crippen molar-refractivity contribution in [2.45, 2.75) is 26.7 Å². The first-order valence-corrected chi connectivity index (χ1v) is 5.37. The van der Waals surface area contributed by atoms with E-state index in [1.807, 2.05) is 31.3 Å². The molecule has 0 saturated heterocycles. The molecule has 0 radical (unpaired) electrons. The molecule has 0 amide bonds. The highest BCUT2D eigenvalue weighted by atomic mass is 15.3. The molecule has 2 aromatic heterocycles. The smallest absolute Gasteiger partial charge is 0.176 e. The molecule has 0 aliphatic carbocycles. The van der Waals surface area contributed by atoms with Crippen molar-refractivity contribution in [1.82, 2.24) is 14.8 Å². The second-order valence-corrected chi connectivity index (χ2v) is 4.21. The van der Waals surface area contributed by atoms with Gasteiger partial charge in [0.25, 0.3) is 0 Å². The summed E-state index contributed by atoms with van der Waals surface area (Å²) in [5.41, 5.74) is 8.51. The lowest BCUT2D eigenvalue weighted by molar-refractivity contribution is 0.757. The molecule has 2 heterocycles. The molecule has 0 atom stereocenters. The zero-order valence-corrected chi connectivity index (χ0v) is 9.81. The number of nitrogens with two attached hydrogens (primary N) is 1. The number of hydrogen-bond acceptors (Lipinski definition) is 3. The molecule has 0 bridgehead atoms. The molecule has 0 spiro atoms. The molecule has 4 nitrogen and oxygen atoms in total. The third-order valence-corrected chi connectivity index (χ3v) is 2.46. The van der Waals surface area contributed by atoms with Crippen molar-refractivity contribution >= 4 is 5.69 Å². The molecule has 16 heavy (non-hydrogen) atoms. The lowest BCUT2D eigenvalue weighted by Gasteiger charge is -2.05. The van der Waals surface area contributed by atoms with Crippen molar-refractivity contribution in [3.05, 3.63) is 35.8 Å². The van der Waals surface area contributed by atoms with Crippen LogP contribution in [0, 0.1) is 6.92 Å². The molecule has 0 fully saturated rings. The van der Waals surface area contributed by atoms with Crippen LogP contribution in [0.15, 0.2) is 24.4 Å². The SMILES string of the molecule is Cc1ccc(N)c(-n2ccc(C(C)C)n2)n1. The zero-order chi connectivity index (χ0) is 11.7. The van der Waals surface area contributed by atoms with Gasteiger partial charge >= 0.3 is 0 Å². The van der Waals surface area contributed by atoms with Gasteiger partial charge in [-0.15, -0.1) is 0 Å². The maximum Gasteiger partial charge on any atom is 0.176 e. The van der Waals surface area contributed by atoms with Gasteiger partial charge in [-0.25, -0.2) is 9.67 Å². The maximum atomic E-state index is 5.88. The minimum Gasteiger partial charge on any atom is -0.396 e. The fraction of sp³-hybridized carbons (Fsp3) is 0.333. The van der Waals surface area contributed by atoms with Gasteiger partial charge in [-0.2, -0.15) is 5.10 Å². The standard InChI is InChI=1S/C12H16N4/c1-8(2)11-6-7-16(15-11)12-10(13)5-4-9(3)14-12/h4-8H,13H2,1-3H3. The summed E-state index contributed by atoms with van der Waals surface area (Å²) < 4.78 is 1.73. The van der Waals surface area contributed by atoms with Crippen molar-refractivity contribution in [3.8, 4) is 5.82 Å². The number of pyridine rings is 1. The van der Waals surface area contributed by atoms with Crippen LogP contribution in [0.3, 0.4) is 0 Å². The summed E-state index contributed by atoms with van der Waals surface area (Å²) in [5.74, 6) is 1.11. The van der Waals surface area contributed by atoms with E-state index in [9.17, 15) is 0 Å². The lowest BCUT2D eigenvalue weighted by Crippen LogP contribution is -2.05. The third-order valence-electron chi connectivity index (χ3n) is 2.46. The van der Waals surface area contributed by atoms with E-state index >= 15 is 0 Å². The molecule has 2 aromatic rings. The normalized spacial score (nSPS) is 11.0. The average molecular weight is 216 g/mol. The van der Waals surface area contributed by atoms with Gasteiger partial charge in [0.1, 0.15) is 0 Å². The summed E-state index contributed by atoms with van der Waals surface area (Å²) >= 11 is 0. The van der Waals surface area contributed by atoms with Gasteiger partial charge in [0, 0.05) is 11.9 Å². The Morgan fingerprint density at radius 1 is 1.25 bits per heavy atom. The van der Waals surface area contributed by atoms with Crippen molar-refractivity contribution in [2.75, 3.05) is 5.73 Å². The van der Waals surface area contributed by atoms with Crippen LogP contribution in [0.25, 0.3) is 5.82 Å². The topological polar surface area (TPSA) is 56.7 Å². The van der Waals surface area contributed by atoms with Crippen LogP contribution >= 0.6 is 0 Å². The van der Waals surface area contributed by atoms with Gasteiger partial charge in [0.2, 0.25) is 0 Å². The van der Waals surface area contributed by atoms with Gasteiger partial charge in [-0.05, 0) is 31.0 Å². The Balaban J connectivity index is 2.46. The molecular formula is C12H16N4. The Hall–Kier alpha value is -1.84. The average Bonchev–Trinajstić information content (AvgIpc) is 2.70. The van der Waals surface area contributed by atoms with Crippen molar-refractivity contribution < 1.29 is 0 Å². The van der Waals surface area contributed by atoms with Gasteiger partial charge in [0.05, 0.1) is 11.4 Å². The molecule has 0 aliphatic heterocycles. The summed E-state index contributed by atoms with van der Waals surface area (Å²) in [6.45, 7) is 6.16. The van der Waals surface area contributed by atoms with Crippen molar-refractivity contribution in [1.29, 1.82) is 0 Å². The second kappa shape index (κ2) is 3.96. The Morgan fingerprint density at radius 3 is 2.62 bits per heavy atom. The van der Waals surface area contributed by atoms with E-state index in [-0.39, 0.29) is 0 Å². The largest absolute Gasteiger partial charge is 0.396 e. The molecule has 0 aliphatic rings. The van der Waals surface area contributed by atoms with Gasteiger partial charge < -0.3 is 5.73 Å². The predicted molar refractivity (Wildman–Crippen MR) is 64.6 cm³/mol. The van der Waals surface area contributed by atoms with E-state index in [2.05, 4.69) is 23.9 Å². The lowest BCUT2D eigenvalue weighted by atomic mass is 10.1. The van der Waals surface area contributed by atoms with E-state index in [0.717, 1.165) is 11.4 Å². The summed E-state index contributed by atoms with van der Waals surface area (Å²) in [7, 11) is 0. The number of nitrogen functional groups attached to an aromatic ring is 1. The van der Waals surface area contributed by atoms with E-state index in [1.54, 1.807) is 4.68 Å². The number of aromatic nitrogens is 3. The Bertz CT molecular complexity index is 499. The van der Waals surface area contributed by atoms with E-state index in [4.69, 9.17) is 5.73 Å². The summed E-state index contributed by atoms with van der Waals surface area (Å²) in [4.78, 5) is 4.39. The fourth-order valence-electron chi connectivity index (χ4n) is 1.50. The van der Waals surface area contributed by atoms with Crippen LogP contribution in [0.2, 0.25) is 0 Å². The number of nitrogens with zero attached hydrogens (tertiary/aromatic N) is 3. The quantitative estimate of drug-likeness (QED) is 0.837. The summed E-state index contributed by atoms with van der Waals surface area (Å²) in [5, 5.41) is 4.46. The van der Waals surface area contributed by atoms with Crippen LogP contribution in [-0.4, -0.2) is 14.8 Å². The van der Waals surface area contributed by atoms with Crippen molar-refractivity contribution in [3.63, 3.8) is 0 Å². The molecule has 84 valence electrons. The number of rotatable bonds is 2. The van der Waals surface area contributed by atoms with Gasteiger partial charge in [0.15, 0.2) is 5.82 Å². The molecule has 0 aromatic carbocycles. The first-order chi connectivity index (χ1) is 7.58. The first-order valence-electron chi connectivity index (χ1n) is 5.37. The van der Waals surface area contributed by atoms with Crippen LogP contribution in [0.4, 0.5) is 5.69 Å². The minimum atomic E-state index is 0.410. The Labute approximate surface area is 95.1 Å². The Morgan fingerprint density at radius 2 is 2.00 bits per heavy atom. The maximum absolute atomic E-state index is 5.88. The number of aryl methyl sites for hydroxylation is 1. The van der Waals surface area contributed by atoms with Crippen molar-refractivity contribution in [2.24, 2.45) is 0 Å². The highest BCUT2D eigenvalue weighted by Gasteiger charge is 2.08. The van der Waals surface area contributed by atoms with E-state index in [1.165, 1.54) is 0 Å². The summed E-state index contributed by atoms with van der Waals surface area (Å²) in [6.07, 6.45) is 1.90. The van der Waals surface area contributed by atoms with Crippen LogP contribution < -0.4 is 5.73 Å². The van der Waals surface area contributed by atoms with Gasteiger partial charge in [-0.3, -0.25) is 0 Å². The van der Waals surface area contributed by atoms with E-state index in [0.29, 0.717) is 17.4 Å². The fourth-order valence-corrected chi connectivity index (χ4v) is 1.50. The molecule has 4 heteroatoms. The van der Waals surface area contributed by atoms with Crippen LogP contribution in [-0.2, 0) is 0 Å². The van der Waals surface area contributed by atoms with Gasteiger partial charge in [-0.1, -0.05) is 13.8 Å². The minimum absolute atomic E-state index is 0.410. The molecule has 2 N–H and O–H groups in total. The Kier molecular flexibility index (Phi) is 2.64. The predicted octanol–water partition coefficient (Wildman–Crippen LogP) is 2.28. The molecule has 2 rings (SSSR count). The monoisotopic (exact) mass is 216 g/mol. The first kappa shape index (κ1) is 10.7. The van der Waals surface area contributed by atoms with E-state index < -0.39 is 0 Å². The zero-order valence-electron chi connectivity index (χ0n) is 9.81. The molecule has 0 unspecified atom stereocenters. The summed E-state index contributed by atoms with van der Waals surface area (Å²) in [6, 6.07) is 5.74. The number of hydrogen-bond donors (Lipinski definition) is 1. The molecular weight excluding hydrogens is 200 g/mol. The third kappa shape index (κ3) is 1.91. The highest BCUT2D eigenvalue weighted by molar-refractivity contribution is 5.52. The number of anilines is 1. The highest BCUT2D eigenvalue weighted by Crippen LogP contribution is 2.17.